The van der Waals surface area contributed by atoms with E-state index >= 15 is 0 Å². The predicted octanol–water partition coefficient (Wildman–Crippen LogP) is 4.19. The lowest BCUT2D eigenvalue weighted by Gasteiger charge is -2.19. The van der Waals surface area contributed by atoms with Gasteiger partial charge in [-0.25, -0.2) is 4.98 Å². The van der Waals surface area contributed by atoms with Crippen LogP contribution in [0.15, 0.2) is 46.9 Å². The van der Waals surface area contributed by atoms with E-state index in [0.29, 0.717) is 5.89 Å². The van der Waals surface area contributed by atoms with Gasteiger partial charge in [0.25, 0.3) is 0 Å². The van der Waals surface area contributed by atoms with E-state index in [2.05, 4.69) is 4.98 Å². The summed E-state index contributed by atoms with van der Waals surface area (Å²) in [6.07, 6.45) is 1.89. The van der Waals surface area contributed by atoms with Crippen molar-refractivity contribution in [3.05, 3.63) is 48.4 Å². The Balaban J connectivity index is 1.68. The number of rotatable bonds is 3. The highest BCUT2D eigenvalue weighted by molar-refractivity contribution is 5.81. The molecule has 1 saturated heterocycles. The van der Waals surface area contributed by atoms with Crippen LogP contribution in [0.1, 0.15) is 31.7 Å². The van der Waals surface area contributed by atoms with Gasteiger partial charge in [-0.15, -0.1) is 0 Å². The number of fused-ring (bicyclic) bond motifs is 1. The summed E-state index contributed by atoms with van der Waals surface area (Å²) < 4.78 is 11.1. The van der Waals surface area contributed by atoms with Crippen LogP contribution in [-0.4, -0.2) is 29.4 Å². The lowest BCUT2D eigenvalue weighted by atomic mass is 10.1. The molecule has 1 aliphatic rings. The average Bonchev–Trinajstić information content (AvgIpc) is 3.27. The molecule has 0 N–H and O–H groups in total. The van der Waals surface area contributed by atoms with Gasteiger partial charge in [0.05, 0.1) is 7.11 Å². The van der Waals surface area contributed by atoms with Gasteiger partial charge in [0.15, 0.2) is 5.58 Å². The highest BCUT2D eigenvalue weighted by atomic mass is 16.5. The number of nitrogens with zero attached hydrogens (tertiary/aromatic N) is 2. The number of carbonyl (C=O) groups excluding carboxylic acids is 1. The maximum Gasteiger partial charge on any atom is 0.220 e. The highest BCUT2D eigenvalue weighted by Gasteiger charge is 2.31. The van der Waals surface area contributed by atoms with Crippen LogP contribution in [0.3, 0.4) is 0 Å². The van der Waals surface area contributed by atoms with Crippen LogP contribution >= 0.6 is 0 Å². The van der Waals surface area contributed by atoms with E-state index in [1.165, 1.54) is 0 Å². The summed E-state index contributed by atoms with van der Waals surface area (Å²) in [5.74, 6) is 1.54. The zero-order valence-corrected chi connectivity index (χ0v) is 14.4. The van der Waals surface area contributed by atoms with Gasteiger partial charge >= 0.3 is 0 Å². The first kappa shape index (κ1) is 15.7. The summed E-state index contributed by atoms with van der Waals surface area (Å²) in [6.45, 7) is 2.37. The number of methoxy groups -OCH3 is 1. The molecule has 0 spiro atoms. The molecule has 5 heteroatoms. The van der Waals surface area contributed by atoms with E-state index in [1.807, 2.05) is 47.4 Å². The molecule has 5 nitrogen and oxygen atoms in total. The van der Waals surface area contributed by atoms with Crippen molar-refractivity contribution in [1.82, 2.24) is 9.88 Å². The summed E-state index contributed by atoms with van der Waals surface area (Å²) in [5, 5.41) is 0. The lowest BCUT2D eigenvalue weighted by Crippen LogP contribution is -2.28. The van der Waals surface area contributed by atoms with Crippen LogP contribution in [0.5, 0.6) is 5.75 Å². The molecule has 25 heavy (non-hydrogen) atoms. The van der Waals surface area contributed by atoms with Crippen molar-refractivity contribution >= 4 is 17.0 Å². The fourth-order valence-corrected chi connectivity index (χ4v) is 3.45. The van der Waals surface area contributed by atoms with E-state index in [1.54, 1.807) is 14.0 Å². The molecule has 3 aromatic rings. The molecule has 2 heterocycles. The molecule has 4 rings (SSSR count). The van der Waals surface area contributed by atoms with Crippen molar-refractivity contribution < 1.29 is 13.9 Å². The van der Waals surface area contributed by atoms with Crippen molar-refractivity contribution in [2.45, 2.75) is 25.8 Å². The second kappa shape index (κ2) is 6.24. The van der Waals surface area contributed by atoms with Crippen LogP contribution in [-0.2, 0) is 4.79 Å². The SMILES string of the molecule is COc1ccc(-c2ccc3oc(C4CCCN4C(C)=O)nc3c2)cc1. The van der Waals surface area contributed by atoms with Gasteiger partial charge in [-0.3, -0.25) is 4.79 Å². The van der Waals surface area contributed by atoms with Crippen LogP contribution in [0.4, 0.5) is 0 Å². The summed E-state index contributed by atoms with van der Waals surface area (Å²) in [7, 11) is 1.66. The third-order valence-electron chi connectivity index (χ3n) is 4.77. The average molecular weight is 336 g/mol. The molecule has 0 bridgehead atoms. The molecule has 0 saturated carbocycles. The number of hydrogen-bond donors (Lipinski definition) is 0. The van der Waals surface area contributed by atoms with Crippen LogP contribution in [0, 0.1) is 0 Å². The zero-order chi connectivity index (χ0) is 17.4. The number of amides is 1. The minimum atomic E-state index is -0.0469. The minimum Gasteiger partial charge on any atom is -0.497 e. The Morgan fingerprint density at radius 3 is 2.68 bits per heavy atom. The normalized spacial score (nSPS) is 17.2. The first-order valence-electron chi connectivity index (χ1n) is 8.48. The number of benzene rings is 2. The van der Waals surface area contributed by atoms with Crippen LogP contribution in [0.2, 0.25) is 0 Å². The van der Waals surface area contributed by atoms with E-state index in [0.717, 1.165) is 47.4 Å². The van der Waals surface area contributed by atoms with Crippen molar-refractivity contribution in [1.29, 1.82) is 0 Å². The number of aromatic nitrogens is 1. The molecule has 1 atom stereocenters. The molecule has 0 aliphatic carbocycles. The first-order chi connectivity index (χ1) is 12.2. The summed E-state index contributed by atoms with van der Waals surface area (Å²) >= 11 is 0. The Labute approximate surface area is 146 Å². The quantitative estimate of drug-likeness (QED) is 0.720. The standard InChI is InChI=1S/C20H20N2O3/c1-13(23)22-11-3-4-18(22)20-21-17-12-15(7-10-19(17)25-20)14-5-8-16(24-2)9-6-14/h5-10,12,18H,3-4,11H2,1-2H3. The molecule has 1 fully saturated rings. The van der Waals surface area contributed by atoms with Crippen LogP contribution in [0.25, 0.3) is 22.2 Å². The number of oxazole rings is 1. The van der Waals surface area contributed by atoms with Gasteiger partial charge in [0.1, 0.15) is 17.3 Å². The maximum absolute atomic E-state index is 11.8. The first-order valence-corrected chi connectivity index (χ1v) is 8.48. The van der Waals surface area contributed by atoms with Gasteiger partial charge in [-0.1, -0.05) is 18.2 Å². The Kier molecular flexibility index (Phi) is 3.92. The summed E-state index contributed by atoms with van der Waals surface area (Å²) in [4.78, 5) is 18.3. The van der Waals surface area contributed by atoms with Crippen molar-refractivity contribution in [2.75, 3.05) is 13.7 Å². The molecule has 1 aliphatic heterocycles. The van der Waals surface area contributed by atoms with Crippen LogP contribution < -0.4 is 4.74 Å². The summed E-state index contributed by atoms with van der Waals surface area (Å²) in [6, 6.07) is 13.9. The maximum atomic E-state index is 11.8. The molecule has 1 aromatic heterocycles. The van der Waals surface area contributed by atoms with Crippen molar-refractivity contribution in [3.63, 3.8) is 0 Å². The Morgan fingerprint density at radius 2 is 1.96 bits per heavy atom. The van der Waals surface area contributed by atoms with E-state index < -0.39 is 0 Å². The van der Waals surface area contributed by atoms with E-state index in [4.69, 9.17) is 9.15 Å². The van der Waals surface area contributed by atoms with E-state index in [9.17, 15) is 4.79 Å². The molecule has 2 aromatic carbocycles. The number of ether oxygens (including phenoxy) is 1. The Morgan fingerprint density at radius 1 is 1.20 bits per heavy atom. The monoisotopic (exact) mass is 336 g/mol. The minimum absolute atomic E-state index is 0.0469. The third-order valence-corrected chi connectivity index (χ3v) is 4.77. The molecule has 128 valence electrons. The molecule has 1 amide bonds. The number of hydrogen-bond acceptors (Lipinski definition) is 4. The fourth-order valence-electron chi connectivity index (χ4n) is 3.45. The van der Waals surface area contributed by atoms with Crippen molar-refractivity contribution in [2.24, 2.45) is 0 Å². The van der Waals surface area contributed by atoms with Crippen molar-refractivity contribution in [3.8, 4) is 16.9 Å². The Bertz CT molecular complexity index is 914. The topological polar surface area (TPSA) is 55.6 Å². The Hall–Kier alpha value is -2.82. The molecule has 0 radical (unpaired) electrons. The lowest BCUT2D eigenvalue weighted by molar-refractivity contribution is -0.130. The predicted molar refractivity (Wildman–Crippen MR) is 95.4 cm³/mol. The zero-order valence-electron chi connectivity index (χ0n) is 14.4. The second-order valence-corrected chi connectivity index (χ2v) is 6.33. The van der Waals surface area contributed by atoms with Gasteiger partial charge in [0.2, 0.25) is 11.8 Å². The molecular weight excluding hydrogens is 316 g/mol. The summed E-state index contributed by atoms with van der Waals surface area (Å²) in [5.41, 5.74) is 3.74. The van der Waals surface area contributed by atoms with E-state index in [-0.39, 0.29) is 11.9 Å². The van der Waals surface area contributed by atoms with Gasteiger partial charge in [-0.05, 0) is 48.2 Å². The number of likely N-dealkylation sites (tertiary alicyclic amines) is 1. The molecule has 1 unspecified atom stereocenters. The second-order valence-electron chi connectivity index (χ2n) is 6.33. The third kappa shape index (κ3) is 2.86. The largest absolute Gasteiger partial charge is 0.497 e. The van der Waals surface area contributed by atoms with Gasteiger partial charge in [0, 0.05) is 13.5 Å². The number of carbonyl (C=O) groups is 1. The van der Waals surface area contributed by atoms with Gasteiger partial charge < -0.3 is 14.1 Å². The fraction of sp³-hybridized carbons (Fsp3) is 0.300. The highest BCUT2D eigenvalue weighted by Crippen LogP contribution is 2.34. The smallest absolute Gasteiger partial charge is 0.220 e. The van der Waals surface area contributed by atoms with Gasteiger partial charge in [-0.2, -0.15) is 0 Å². The molecular formula is C20H20N2O3.